The van der Waals surface area contributed by atoms with Crippen LogP contribution in [0.1, 0.15) is 57.7 Å². The molecule has 1 saturated heterocycles. The zero-order valence-corrected chi connectivity index (χ0v) is 15.5. The number of methoxy groups -OCH3 is 1. The fourth-order valence-corrected chi connectivity index (χ4v) is 2.79. The Bertz CT molecular complexity index is 589. The maximum absolute atomic E-state index is 5.49. The molecule has 3 rings (SSSR count). The summed E-state index contributed by atoms with van der Waals surface area (Å²) in [6.07, 6.45) is 2.21. The van der Waals surface area contributed by atoms with Crippen molar-refractivity contribution < 1.29 is 9.47 Å². The third kappa shape index (κ3) is 4.93. The summed E-state index contributed by atoms with van der Waals surface area (Å²) in [4.78, 5) is 4.57. The molecule has 3 nitrogen and oxygen atoms in total. The van der Waals surface area contributed by atoms with Gasteiger partial charge in [-0.2, -0.15) is 0 Å². The van der Waals surface area contributed by atoms with Crippen molar-refractivity contribution in [2.45, 2.75) is 53.4 Å². The van der Waals surface area contributed by atoms with Gasteiger partial charge in [-0.25, -0.2) is 0 Å². The van der Waals surface area contributed by atoms with Crippen molar-refractivity contribution in [1.82, 2.24) is 4.98 Å². The lowest BCUT2D eigenvalue weighted by atomic mass is 9.91. The van der Waals surface area contributed by atoms with Gasteiger partial charge in [-0.05, 0) is 43.4 Å². The van der Waals surface area contributed by atoms with Crippen LogP contribution in [0.3, 0.4) is 0 Å². The van der Waals surface area contributed by atoms with Crippen molar-refractivity contribution >= 4 is 10.9 Å². The second kappa shape index (κ2) is 10.2. The highest BCUT2D eigenvalue weighted by molar-refractivity contribution is 5.86. The van der Waals surface area contributed by atoms with Gasteiger partial charge in [0.05, 0.1) is 12.6 Å². The molecule has 2 aromatic rings. The van der Waals surface area contributed by atoms with Crippen LogP contribution in [0.15, 0.2) is 24.3 Å². The lowest BCUT2D eigenvalue weighted by molar-refractivity contribution is 0.0853. The minimum Gasteiger partial charge on any atom is -0.496 e. The maximum atomic E-state index is 5.49. The quantitative estimate of drug-likeness (QED) is 0.733. The van der Waals surface area contributed by atoms with Gasteiger partial charge < -0.3 is 9.47 Å². The molecular formula is C20H31NO2. The fourth-order valence-electron chi connectivity index (χ4n) is 2.79. The first-order valence-corrected chi connectivity index (χ1v) is 8.81. The van der Waals surface area contributed by atoms with Crippen molar-refractivity contribution in [3.8, 4) is 5.75 Å². The van der Waals surface area contributed by atoms with Gasteiger partial charge in [0.25, 0.3) is 0 Å². The Kier molecular flexibility index (Phi) is 8.64. The molecule has 1 aromatic heterocycles. The van der Waals surface area contributed by atoms with Crippen LogP contribution in [0.2, 0.25) is 0 Å². The molecule has 0 radical (unpaired) electrons. The summed E-state index contributed by atoms with van der Waals surface area (Å²) < 4.78 is 10.9. The van der Waals surface area contributed by atoms with E-state index in [2.05, 4.69) is 23.2 Å². The number of nitrogens with zero attached hydrogens (tertiary/aromatic N) is 1. The number of pyridine rings is 1. The van der Waals surface area contributed by atoms with Gasteiger partial charge in [-0.15, -0.1) is 0 Å². The highest BCUT2D eigenvalue weighted by Crippen LogP contribution is 2.32. The average molecular weight is 317 g/mol. The monoisotopic (exact) mass is 317 g/mol. The highest BCUT2D eigenvalue weighted by atomic mass is 16.5. The second-order valence-electron chi connectivity index (χ2n) is 5.13. The second-order valence-corrected chi connectivity index (χ2v) is 5.13. The van der Waals surface area contributed by atoms with Crippen molar-refractivity contribution in [2.75, 3.05) is 20.3 Å². The Morgan fingerprint density at radius 2 is 1.70 bits per heavy atom. The number of hydrogen-bond donors (Lipinski definition) is 0. The fraction of sp³-hybridized carbons (Fsp3) is 0.550. The van der Waals surface area contributed by atoms with Gasteiger partial charge in [0.1, 0.15) is 5.75 Å². The standard InChI is InChI=1S/C16H19NO2.2C2H6/c1-11-9-16(18-2)14-10-13(3-4-15(14)17-11)12-5-7-19-8-6-12;2*1-2/h3-4,9-10,12H,5-8H2,1-2H3;2*1-2H3. The topological polar surface area (TPSA) is 31.4 Å². The molecule has 0 spiro atoms. The first kappa shape index (κ1) is 19.4. The van der Waals surface area contributed by atoms with Crippen molar-refractivity contribution in [3.63, 3.8) is 0 Å². The Morgan fingerprint density at radius 1 is 1.04 bits per heavy atom. The Morgan fingerprint density at radius 3 is 2.30 bits per heavy atom. The molecule has 128 valence electrons. The molecule has 0 amide bonds. The van der Waals surface area contributed by atoms with Crippen LogP contribution in [-0.2, 0) is 4.74 Å². The Balaban J connectivity index is 0.000000615. The Labute approximate surface area is 141 Å². The van der Waals surface area contributed by atoms with Crippen LogP contribution in [0.5, 0.6) is 5.75 Å². The zero-order chi connectivity index (χ0) is 17.2. The van der Waals surface area contributed by atoms with E-state index in [0.717, 1.165) is 48.4 Å². The van der Waals surface area contributed by atoms with E-state index in [0.29, 0.717) is 5.92 Å². The minimum absolute atomic E-state index is 0.601. The summed E-state index contributed by atoms with van der Waals surface area (Å²) in [5.41, 5.74) is 3.37. The van der Waals surface area contributed by atoms with Gasteiger partial charge in [-0.3, -0.25) is 4.98 Å². The van der Waals surface area contributed by atoms with Gasteiger partial charge >= 0.3 is 0 Å². The maximum Gasteiger partial charge on any atom is 0.130 e. The van der Waals surface area contributed by atoms with Gasteiger partial charge in [0, 0.05) is 30.4 Å². The number of hydrogen-bond acceptors (Lipinski definition) is 3. The van der Waals surface area contributed by atoms with Gasteiger partial charge in [0.15, 0.2) is 0 Å². The van der Waals surface area contributed by atoms with E-state index >= 15 is 0 Å². The smallest absolute Gasteiger partial charge is 0.130 e. The number of aromatic nitrogens is 1. The van der Waals surface area contributed by atoms with Crippen LogP contribution < -0.4 is 4.74 Å². The molecule has 0 saturated carbocycles. The van der Waals surface area contributed by atoms with E-state index in [4.69, 9.17) is 9.47 Å². The molecule has 0 atom stereocenters. The van der Waals surface area contributed by atoms with Crippen LogP contribution in [-0.4, -0.2) is 25.3 Å². The predicted molar refractivity (Wildman–Crippen MR) is 98.5 cm³/mol. The highest BCUT2D eigenvalue weighted by Gasteiger charge is 2.17. The summed E-state index contributed by atoms with van der Waals surface area (Å²) in [6.45, 7) is 11.7. The third-order valence-corrected chi connectivity index (χ3v) is 3.84. The van der Waals surface area contributed by atoms with Crippen LogP contribution in [0, 0.1) is 6.92 Å². The normalized spacial score (nSPS) is 14.3. The van der Waals surface area contributed by atoms with Crippen LogP contribution >= 0.6 is 0 Å². The lowest BCUT2D eigenvalue weighted by Crippen LogP contribution is -2.14. The molecule has 0 unspecified atom stereocenters. The molecule has 0 N–H and O–H groups in total. The van der Waals surface area contributed by atoms with Gasteiger partial charge in [0.2, 0.25) is 0 Å². The SMILES string of the molecule is CC.CC.COc1cc(C)nc2ccc(C3CCOCC3)cc12. The number of benzene rings is 1. The summed E-state index contributed by atoms with van der Waals surface area (Å²) in [5.74, 6) is 1.51. The minimum atomic E-state index is 0.601. The van der Waals surface area contributed by atoms with E-state index < -0.39 is 0 Å². The molecule has 1 fully saturated rings. The largest absolute Gasteiger partial charge is 0.496 e. The lowest BCUT2D eigenvalue weighted by Gasteiger charge is -2.22. The Hall–Kier alpha value is -1.61. The molecule has 2 heterocycles. The first-order chi connectivity index (χ1) is 11.3. The number of fused-ring (bicyclic) bond motifs is 1. The van der Waals surface area contributed by atoms with Crippen molar-refractivity contribution in [2.24, 2.45) is 0 Å². The van der Waals surface area contributed by atoms with Crippen LogP contribution in [0.25, 0.3) is 10.9 Å². The third-order valence-electron chi connectivity index (χ3n) is 3.84. The molecule has 1 aliphatic rings. The molecule has 1 aromatic carbocycles. The van der Waals surface area contributed by atoms with Crippen molar-refractivity contribution in [1.29, 1.82) is 0 Å². The predicted octanol–water partition coefficient (Wildman–Crippen LogP) is 5.50. The number of aryl methyl sites for hydroxylation is 1. The molecule has 0 bridgehead atoms. The van der Waals surface area contributed by atoms with Gasteiger partial charge in [-0.1, -0.05) is 33.8 Å². The summed E-state index contributed by atoms with van der Waals surface area (Å²) >= 11 is 0. The number of ether oxygens (including phenoxy) is 2. The zero-order valence-electron chi connectivity index (χ0n) is 15.5. The molecule has 1 aliphatic heterocycles. The summed E-state index contributed by atoms with van der Waals surface area (Å²) in [6, 6.07) is 8.53. The van der Waals surface area contributed by atoms with E-state index in [1.54, 1.807) is 7.11 Å². The average Bonchev–Trinajstić information content (AvgIpc) is 2.64. The molecular weight excluding hydrogens is 286 g/mol. The van der Waals surface area contributed by atoms with Crippen LogP contribution in [0.4, 0.5) is 0 Å². The molecule has 0 aliphatic carbocycles. The molecule has 23 heavy (non-hydrogen) atoms. The van der Waals surface area contributed by atoms with E-state index in [1.807, 2.05) is 40.7 Å². The van der Waals surface area contributed by atoms with E-state index in [-0.39, 0.29) is 0 Å². The van der Waals surface area contributed by atoms with Crippen molar-refractivity contribution in [3.05, 3.63) is 35.5 Å². The van der Waals surface area contributed by atoms with E-state index in [1.165, 1.54) is 5.56 Å². The number of rotatable bonds is 2. The first-order valence-electron chi connectivity index (χ1n) is 8.81. The van der Waals surface area contributed by atoms with E-state index in [9.17, 15) is 0 Å². The molecule has 3 heteroatoms. The summed E-state index contributed by atoms with van der Waals surface area (Å²) in [7, 11) is 1.72. The summed E-state index contributed by atoms with van der Waals surface area (Å²) in [5, 5.41) is 1.11.